The Balaban J connectivity index is 1.39. The van der Waals surface area contributed by atoms with Crippen LogP contribution in [-0.2, 0) is 20.9 Å². The molecule has 6 rings (SSSR count). The lowest BCUT2D eigenvalue weighted by Crippen LogP contribution is -2.53. The van der Waals surface area contributed by atoms with Crippen LogP contribution in [0.2, 0.25) is 0 Å². The maximum atomic E-state index is 13.5. The van der Waals surface area contributed by atoms with Crippen LogP contribution in [0.3, 0.4) is 0 Å². The van der Waals surface area contributed by atoms with Crippen molar-refractivity contribution in [2.45, 2.75) is 69.3 Å². The van der Waals surface area contributed by atoms with Crippen LogP contribution in [0.5, 0.6) is 5.75 Å². The molecule has 4 saturated carbocycles. The molecule has 1 N–H and O–H groups in total. The SMILES string of the molecule is CCOC(=O)[C@@H](C)Sc1nnc(CNC(=O)C23CC4CC(CC(C4)C2)C3)n1-c1ccccc1OC. The number of amides is 1. The zero-order valence-corrected chi connectivity index (χ0v) is 21.5. The highest BCUT2D eigenvalue weighted by Gasteiger charge is 2.54. The van der Waals surface area contributed by atoms with Gasteiger partial charge in [-0.05, 0) is 82.3 Å². The molecule has 2 aromatic rings. The number of methoxy groups -OCH3 is 1. The highest BCUT2D eigenvalue weighted by molar-refractivity contribution is 8.00. The molecule has 4 aliphatic carbocycles. The quantitative estimate of drug-likeness (QED) is 0.410. The van der Waals surface area contributed by atoms with Crippen molar-refractivity contribution in [3.05, 3.63) is 30.1 Å². The Morgan fingerprint density at radius 3 is 2.43 bits per heavy atom. The average Bonchev–Trinajstić information content (AvgIpc) is 3.23. The second-order valence-corrected chi connectivity index (χ2v) is 11.6. The molecule has 1 aromatic heterocycles. The fraction of sp³-hybridized carbons (Fsp3) is 0.615. The fourth-order valence-electron chi connectivity index (χ4n) is 6.75. The second kappa shape index (κ2) is 9.84. The van der Waals surface area contributed by atoms with Gasteiger partial charge >= 0.3 is 5.97 Å². The molecule has 0 spiro atoms. The smallest absolute Gasteiger partial charge is 0.319 e. The van der Waals surface area contributed by atoms with Crippen LogP contribution in [0.4, 0.5) is 0 Å². The maximum absolute atomic E-state index is 13.5. The molecule has 0 saturated heterocycles. The molecule has 1 atom stereocenters. The topological polar surface area (TPSA) is 95.3 Å². The normalized spacial score (nSPS) is 27.5. The Bertz CT molecular complexity index is 1070. The number of benzene rings is 1. The maximum Gasteiger partial charge on any atom is 0.319 e. The van der Waals surface area contributed by atoms with Crippen molar-refractivity contribution in [1.82, 2.24) is 20.1 Å². The number of thioether (sulfide) groups is 1. The fourth-order valence-corrected chi connectivity index (χ4v) is 7.63. The van der Waals surface area contributed by atoms with E-state index in [4.69, 9.17) is 9.47 Å². The first-order chi connectivity index (χ1) is 16.9. The van der Waals surface area contributed by atoms with Gasteiger partial charge in [0.05, 0.1) is 25.9 Å². The van der Waals surface area contributed by atoms with E-state index < -0.39 is 5.25 Å². The predicted octanol–water partition coefficient (Wildman–Crippen LogP) is 4.15. The molecule has 0 radical (unpaired) electrons. The highest BCUT2D eigenvalue weighted by atomic mass is 32.2. The van der Waals surface area contributed by atoms with Crippen LogP contribution >= 0.6 is 11.8 Å². The summed E-state index contributed by atoms with van der Waals surface area (Å²) < 4.78 is 12.6. The molecule has 0 aliphatic heterocycles. The Kier molecular flexibility index (Phi) is 6.79. The Morgan fingerprint density at radius 1 is 1.14 bits per heavy atom. The van der Waals surface area contributed by atoms with E-state index in [1.54, 1.807) is 21.0 Å². The number of hydrogen-bond acceptors (Lipinski definition) is 7. The first-order valence-electron chi connectivity index (χ1n) is 12.6. The summed E-state index contributed by atoms with van der Waals surface area (Å²) in [6, 6.07) is 7.61. The molecule has 1 heterocycles. The van der Waals surface area contributed by atoms with Gasteiger partial charge in [0, 0.05) is 5.41 Å². The number of nitrogens with zero attached hydrogens (tertiary/aromatic N) is 3. The van der Waals surface area contributed by atoms with Crippen LogP contribution in [0, 0.1) is 23.2 Å². The number of hydrogen-bond donors (Lipinski definition) is 1. The van der Waals surface area contributed by atoms with Crippen molar-refractivity contribution in [3.8, 4) is 11.4 Å². The van der Waals surface area contributed by atoms with Crippen molar-refractivity contribution < 1.29 is 19.1 Å². The first kappa shape index (κ1) is 24.2. The van der Waals surface area contributed by atoms with Gasteiger partial charge in [0.25, 0.3) is 0 Å². The van der Waals surface area contributed by atoms with E-state index >= 15 is 0 Å². The van der Waals surface area contributed by atoms with Crippen molar-refractivity contribution in [1.29, 1.82) is 0 Å². The first-order valence-corrected chi connectivity index (χ1v) is 13.5. The van der Waals surface area contributed by atoms with E-state index in [-0.39, 0.29) is 23.8 Å². The number of nitrogens with one attached hydrogen (secondary N) is 1. The minimum absolute atomic E-state index is 0.153. The van der Waals surface area contributed by atoms with Gasteiger partial charge in [0.15, 0.2) is 11.0 Å². The van der Waals surface area contributed by atoms with Crippen LogP contribution in [0.15, 0.2) is 29.4 Å². The standard InChI is InChI=1S/C26H34N4O4S/c1-4-34-23(31)16(2)35-25-29-28-22(30(25)20-7-5-6-8-21(20)33-3)15-27-24(32)26-12-17-9-18(13-26)11-19(10-17)14-26/h5-8,16-19H,4,9-15H2,1-3H3,(H,27,32)/t16-,17?,18?,19?,26?/m1/s1. The Hall–Kier alpha value is -2.55. The van der Waals surface area contributed by atoms with Gasteiger partial charge in [-0.25, -0.2) is 0 Å². The van der Waals surface area contributed by atoms with Crippen LogP contribution in [0.25, 0.3) is 5.69 Å². The molecule has 4 aliphatic rings. The predicted molar refractivity (Wildman–Crippen MR) is 132 cm³/mol. The van der Waals surface area contributed by atoms with Gasteiger partial charge in [0.2, 0.25) is 5.91 Å². The third-order valence-corrected chi connectivity index (χ3v) is 8.88. The lowest BCUT2D eigenvalue weighted by Gasteiger charge is -2.55. The van der Waals surface area contributed by atoms with Gasteiger partial charge in [-0.2, -0.15) is 0 Å². The zero-order chi connectivity index (χ0) is 24.6. The number of carbonyl (C=O) groups excluding carboxylic acids is 2. The molecule has 0 unspecified atom stereocenters. The van der Waals surface area contributed by atoms with E-state index in [1.807, 2.05) is 28.8 Å². The van der Waals surface area contributed by atoms with Crippen molar-refractivity contribution >= 4 is 23.6 Å². The number of rotatable bonds is 9. The molecule has 4 fully saturated rings. The number of carbonyl (C=O) groups is 2. The molecule has 8 nitrogen and oxygen atoms in total. The van der Waals surface area contributed by atoms with Crippen LogP contribution in [-0.4, -0.2) is 45.6 Å². The lowest BCUT2D eigenvalue weighted by atomic mass is 9.49. The molecule has 1 aromatic carbocycles. The van der Waals surface area contributed by atoms with Crippen molar-refractivity contribution in [2.75, 3.05) is 13.7 Å². The van der Waals surface area contributed by atoms with Crippen molar-refractivity contribution in [3.63, 3.8) is 0 Å². The lowest BCUT2D eigenvalue weighted by molar-refractivity contribution is -0.146. The average molecular weight is 499 g/mol. The third kappa shape index (κ3) is 4.67. The molecule has 4 bridgehead atoms. The molecular formula is C26H34N4O4S. The summed E-state index contributed by atoms with van der Waals surface area (Å²) in [6.45, 7) is 4.17. The summed E-state index contributed by atoms with van der Waals surface area (Å²) in [5.41, 5.74) is 0.539. The number of ether oxygens (including phenoxy) is 2. The van der Waals surface area contributed by atoms with E-state index in [0.717, 1.165) is 24.9 Å². The molecule has 9 heteroatoms. The second-order valence-electron chi connectivity index (χ2n) is 10.3. The van der Waals surface area contributed by atoms with Crippen LogP contribution in [0.1, 0.15) is 58.2 Å². The summed E-state index contributed by atoms with van der Waals surface area (Å²) in [6.07, 6.45) is 6.95. The molecule has 35 heavy (non-hydrogen) atoms. The van der Waals surface area contributed by atoms with Crippen LogP contribution < -0.4 is 10.1 Å². The minimum atomic E-state index is -0.456. The summed E-state index contributed by atoms with van der Waals surface area (Å²) >= 11 is 1.28. The highest BCUT2D eigenvalue weighted by Crippen LogP contribution is 2.60. The van der Waals surface area contributed by atoms with Gasteiger partial charge in [-0.1, -0.05) is 23.9 Å². The molecular weight excluding hydrogens is 464 g/mol. The van der Waals surface area contributed by atoms with E-state index in [9.17, 15) is 9.59 Å². The summed E-state index contributed by atoms with van der Waals surface area (Å²) in [5.74, 6) is 3.23. The largest absolute Gasteiger partial charge is 0.495 e. The van der Waals surface area contributed by atoms with E-state index in [0.29, 0.717) is 41.1 Å². The van der Waals surface area contributed by atoms with Gasteiger partial charge < -0.3 is 14.8 Å². The summed E-state index contributed by atoms with van der Waals surface area (Å²) in [4.78, 5) is 25.8. The Labute approximate surface area is 210 Å². The Morgan fingerprint density at radius 2 is 1.80 bits per heavy atom. The summed E-state index contributed by atoms with van der Waals surface area (Å²) in [5, 5.41) is 12.1. The van der Waals surface area contributed by atoms with Crippen molar-refractivity contribution in [2.24, 2.45) is 23.2 Å². The molecule has 188 valence electrons. The zero-order valence-electron chi connectivity index (χ0n) is 20.7. The third-order valence-electron chi connectivity index (χ3n) is 7.85. The number of aromatic nitrogens is 3. The molecule has 1 amide bonds. The summed E-state index contributed by atoms with van der Waals surface area (Å²) in [7, 11) is 1.62. The number of para-hydroxylation sites is 2. The van der Waals surface area contributed by atoms with Gasteiger partial charge in [0.1, 0.15) is 11.0 Å². The van der Waals surface area contributed by atoms with Gasteiger partial charge in [-0.15, -0.1) is 10.2 Å². The van der Waals surface area contributed by atoms with E-state index in [1.165, 1.54) is 31.0 Å². The van der Waals surface area contributed by atoms with Gasteiger partial charge in [-0.3, -0.25) is 14.2 Å². The van der Waals surface area contributed by atoms with E-state index in [2.05, 4.69) is 15.5 Å². The minimum Gasteiger partial charge on any atom is -0.495 e. The number of esters is 1. The monoisotopic (exact) mass is 498 g/mol.